The Bertz CT molecular complexity index is 366. The third kappa shape index (κ3) is 6.50. The minimum absolute atomic E-state index is 0.151. The third-order valence-corrected chi connectivity index (χ3v) is 3.87. The minimum Gasteiger partial charge on any atom is -0.306 e. The van der Waals surface area contributed by atoms with Crippen molar-refractivity contribution in [2.45, 2.75) is 72.6 Å². The van der Waals surface area contributed by atoms with Gasteiger partial charge >= 0.3 is 0 Å². The molecule has 0 saturated heterocycles. The predicted molar refractivity (Wildman–Crippen MR) is 84.5 cm³/mol. The topological polar surface area (TPSA) is 28.2 Å². The molecule has 1 heterocycles. The van der Waals surface area contributed by atoms with Crippen molar-refractivity contribution < 1.29 is 0 Å². The van der Waals surface area contributed by atoms with Crippen molar-refractivity contribution in [3.8, 4) is 0 Å². The molecule has 1 aromatic rings. The molecular formula is C15H29N3S. The van der Waals surface area contributed by atoms with Gasteiger partial charge in [-0.1, -0.05) is 6.92 Å². The maximum atomic E-state index is 4.73. The Morgan fingerprint density at radius 2 is 2.05 bits per heavy atom. The number of hydrogen-bond donors (Lipinski definition) is 1. The van der Waals surface area contributed by atoms with E-state index in [0.717, 1.165) is 19.6 Å². The van der Waals surface area contributed by atoms with E-state index in [4.69, 9.17) is 4.98 Å². The zero-order valence-corrected chi connectivity index (χ0v) is 14.1. The molecule has 1 aromatic heterocycles. The van der Waals surface area contributed by atoms with Crippen LogP contribution in [0.3, 0.4) is 0 Å². The Hall–Kier alpha value is -0.450. The molecule has 0 fully saturated rings. The fourth-order valence-corrected chi connectivity index (χ4v) is 2.58. The molecule has 4 heteroatoms. The Morgan fingerprint density at radius 1 is 1.37 bits per heavy atom. The van der Waals surface area contributed by atoms with Gasteiger partial charge in [-0.05, 0) is 47.6 Å². The Kier molecular flexibility index (Phi) is 6.43. The zero-order valence-electron chi connectivity index (χ0n) is 13.3. The van der Waals surface area contributed by atoms with Crippen molar-refractivity contribution in [1.29, 1.82) is 0 Å². The summed E-state index contributed by atoms with van der Waals surface area (Å²) in [4.78, 5) is 7.21. The second kappa shape index (κ2) is 7.36. The van der Waals surface area contributed by atoms with Gasteiger partial charge in [0.1, 0.15) is 5.01 Å². The second-order valence-electron chi connectivity index (χ2n) is 6.40. The number of nitrogens with one attached hydrogen (secondary N) is 1. The van der Waals surface area contributed by atoms with Crippen molar-refractivity contribution in [2.24, 2.45) is 0 Å². The lowest BCUT2D eigenvalue weighted by molar-refractivity contribution is 0.211. The lowest BCUT2D eigenvalue weighted by Crippen LogP contribution is -2.35. The normalized spacial score (nSPS) is 12.6. The van der Waals surface area contributed by atoms with Crippen molar-refractivity contribution in [3.63, 3.8) is 0 Å². The van der Waals surface area contributed by atoms with Crippen LogP contribution in [0.25, 0.3) is 0 Å². The van der Waals surface area contributed by atoms with E-state index < -0.39 is 0 Å². The molecule has 3 nitrogen and oxygen atoms in total. The molecule has 0 amide bonds. The monoisotopic (exact) mass is 283 g/mol. The summed E-state index contributed by atoms with van der Waals surface area (Å²) in [5, 5.41) is 6.87. The van der Waals surface area contributed by atoms with Crippen LogP contribution < -0.4 is 5.32 Å². The van der Waals surface area contributed by atoms with Gasteiger partial charge in [-0.25, -0.2) is 4.98 Å². The minimum atomic E-state index is 0.151. The number of nitrogens with zero attached hydrogens (tertiary/aromatic N) is 2. The second-order valence-corrected chi connectivity index (χ2v) is 7.34. The average molecular weight is 283 g/mol. The van der Waals surface area contributed by atoms with E-state index in [1.807, 2.05) is 0 Å². The van der Waals surface area contributed by atoms with E-state index in [1.165, 1.54) is 17.1 Å². The molecule has 0 spiro atoms. The van der Waals surface area contributed by atoms with Gasteiger partial charge < -0.3 is 5.32 Å². The van der Waals surface area contributed by atoms with E-state index in [9.17, 15) is 0 Å². The Labute approximate surface area is 122 Å². The van der Waals surface area contributed by atoms with E-state index >= 15 is 0 Å². The summed E-state index contributed by atoms with van der Waals surface area (Å²) in [6, 6.07) is 0.581. The molecule has 0 aromatic carbocycles. The molecule has 0 unspecified atom stereocenters. The van der Waals surface area contributed by atoms with E-state index in [2.05, 4.69) is 57.1 Å². The first-order valence-corrected chi connectivity index (χ1v) is 8.12. The standard InChI is InChI=1S/C15H29N3S/c1-7-8-18(12(2)3)10-13-11-19-14(17-13)9-16-15(4,5)6/h11-12,16H,7-10H2,1-6H3. The van der Waals surface area contributed by atoms with E-state index in [0.29, 0.717) is 6.04 Å². The van der Waals surface area contributed by atoms with Gasteiger partial charge in [-0.15, -0.1) is 11.3 Å². The number of rotatable bonds is 7. The number of aromatic nitrogens is 1. The molecule has 0 bridgehead atoms. The fraction of sp³-hybridized carbons (Fsp3) is 0.800. The maximum absolute atomic E-state index is 4.73. The maximum Gasteiger partial charge on any atom is 0.107 e. The van der Waals surface area contributed by atoms with Gasteiger partial charge in [0, 0.05) is 30.1 Å². The lowest BCUT2D eigenvalue weighted by atomic mass is 10.1. The van der Waals surface area contributed by atoms with E-state index in [-0.39, 0.29) is 5.54 Å². The van der Waals surface area contributed by atoms with Gasteiger partial charge in [-0.2, -0.15) is 0 Å². The van der Waals surface area contributed by atoms with Crippen molar-refractivity contribution in [2.75, 3.05) is 6.54 Å². The first kappa shape index (κ1) is 16.6. The molecular weight excluding hydrogens is 254 g/mol. The van der Waals surface area contributed by atoms with Crippen molar-refractivity contribution >= 4 is 11.3 Å². The summed E-state index contributed by atoms with van der Waals surface area (Å²) in [5.74, 6) is 0. The van der Waals surface area contributed by atoms with Crippen LogP contribution in [-0.4, -0.2) is 28.0 Å². The molecule has 1 N–H and O–H groups in total. The molecule has 0 radical (unpaired) electrons. The summed E-state index contributed by atoms with van der Waals surface area (Å²) in [6.45, 7) is 16.3. The van der Waals surface area contributed by atoms with Crippen LogP contribution in [0.15, 0.2) is 5.38 Å². The van der Waals surface area contributed by atoms with Crippen molar-refractivity contribution in [3.05, 3.63) is 16.1 Å². The highest BCUT2D eigenvalue weighted by molar-refractivity contribution is 7.09. The average Bonchev–Trinajstić information content (AvgIpc) is 2.72. The fourth-order valence-electron chi connectivity index (χ4n) is 1.86. The van der Waals surface area contributed by atoms with Crippen LogP contribution in [0, 0.1) is 0 Å². The summed E-state index contributed by atoms with van der Waals surface area (Å²) < 4.78 is 0. The lowest BCUT2D eigenvalue weighted by Gasteiger charge is -2.24. The molecule has 19 heavy (non-hydrogen) atoms. The van der Waals surface area contributed by atoms with Crippen LogP contribution in [-0.2, 0) is 13.1 Å². The summed E-state index contributed by atoms with van der Waals surface area (Å²) >= 11 is 1.76. The van der Waals surface area contributed by atoms with Crippen LogP contribution >= 0.6 is 11.3 Å². The highest BCUT2D eigenvalue weighted by Gasteiger charge is 2.13. The summed E-state index contributed by atoms with van der Waals surface area (Å²) in [5.41, 5.74) is 1.36. The highest BCUT2D eigenvalue weighted by Crippen LogP contribution is 2.14. The quantitative estimate of drug-likeness (QED) is 0.828. The Balaban J connectivity index is 2.54. The first-order chi connectivity index (χ1) is 8.81. The molecule has 0 aliphatic rings. The highest BCUT2D eigenvalue weighted by atomic mass is 32.1. The largest absolute Gasteiger partial charge is 0.306 e. The summed E-state index contributed by atoms with van der Waals surface area (Å²) in [7, 11) is 0. The third-order valence-electron chi connectivity index (χ3n) is 2.98. The Morgan fingerprint density at radius 3 is 2.58 bits per heavy atom. The van der Waals surface area contributed by atoms with Crippen molar-refractivity contribution in [1.82, 2.24) is 15.2 Å². The predicted octanol–water partition coefficient (Wildman–Crippen LogP) is 3.65. The van der Waals surface area contributed by atoms with Crippen LogP contribution in [0.5, 0.6) is 0 Å². The van der Waals surface area contributed by atoms with Gasteiger partial charge in [0.05, 0.1) is 5.69 Å². The molecule has 0 atom stereocenters. The SMILES string of the molecule is CCCN(Cc1csc(CNC(C)(C)C)n1)C(C)C. The molecule has 110 valence electrons. The zero-order chi connectivity index (χ0) is 14.5. The van der Waals surface area contributed by atoms with Gasteiger partial charge in [-0.3, -0.25) is 4.90 Å². The number of hydrogen-bond acceptors (Lipinski definition) is 4. The van der Waals surface area contributed by atoms with Gasteiger partial charge in [0.15, 0.2) is 0 Å². The molecule has 0 saturated carbocycles. The molecule has 1 rings (SSSR count). The van der Waals surface area contributed by atoms with Gasteiger partial charge in [0.2, 0.25) is 0 Å². The summed E-state index contributed by atoms with van der Waals surface area (Å²) in [6.07, 6.45) is 1.20. The van der Waals surface area contributed by atoms with Gasteiger partial charge in [0.25, 0.3) is 0 Å². The molecule has 0 aliphatic heterocycles. The number of thiazole rings is 1. The van der Waals surface area contributed by atoms with Crippen LogP contribution in [0.1, 0.15) is 58.7 Å². The first-order valence-electron chi connectivity index (χ1n) is 7.24. The van der Waals surface area contributed by atoms with Crippen LogP contribution in [0.2, 0.25) is 0 Å². The van der Waals surface area contributed by atoms with Crippen LogP contribution in [0.4, 0.5) is 0 Å². The van der Waals surface area contributed by atoms with E-state index in [1.54, 1.807) is 11.3 Å². The molecule has 0 aliphatic carbocycles. The smallest absolute Gasteiger partial charge is 0.107 e.